The highest BCUT2D eigenvalue weighted by Crippen LogP contribution is 2.33. The monoisotopic (exact) mass is 406 g/mol. The Kier molecular flexibility index (Phi) is 5.02. The molecule has 0 radical (unpaired) electrons. The molecule has 0 aliphatic rings. The molecule has 0 fully saturated rings. The topological polar surface area (TPSA) is 91.1 Å². The summed E-state index contributed by atoms with van der Waals surface area (Å²) in [5, 5.41) is 29.7. The van der Waals surface area contributed by atoms with E-state index in [-0.39, 0.29) is 28.6 Å². The van der Waals surface area contributed by atoms with Crippen LogP contribution in [0.5, 0.6) is 5.75 Å². The van der Waals surface area contributed by atoms with E-state index in [1.807, 2.05) is 20.8 Å². The zero-order chi connectivity index (χ0) is 21.6. The van der Waals surface area contributed by atoms with Crippen molar-refractivity contribution in [2.45, 2.75) is 44.8 Å². The van der Waals surface area contributed by atoms with Crippen molar-refractivity contribution in [2.24, 2.45) is 0 Å². The van der Waals surface area contributed by atoms with Gasteiger partial charge in [0.1, 0.15) is 22.8 Å². The van der Waals surface area contributed by atoms with E-state index < -0.39 is 23.8 Å². The van der Waals surface area contributed by atoms with Crippen LogP contribution in [0.15, 0.2) is 36.4 Å². The van der Waals surface area contributed by atoms with Crippen molar-refractivity contribution >= 4 is 17.0 Å². The number of aromatic hydroxyl groups is 1. The van der Waals surface area contributed by atoms with E-state index in [2.05, 4.69) is 10.2 Å². The molecule has 1 heterocycles. The Bertz CT molecular complexity index is 1070. The highest BCUT2D eigenvalue weighted by Gasteiger charge is 2.31. The third kappa shape index (κ3) is 4.33. The van der Waals surface area contributed by atoms with Gasteiger partial charge < -0.3 is 15.0 Å². The Morgan fingerprint density at radius 3 is 2.34 bits per heavy atom. The SMILES string of the molecule is CC(C)(C)c1cc(CC(C(=O)[O-])n2nc3ccc(C(F)(F)F)cc3n2)ccc1O. The number of fused-ring (bicyclic) bond motifs is 1. The van der Waals surface area contributed by atoms with E-state index in [0.29, 0.717) is 11.1 Å². The first kappa shape index (κ1) is 20.6. The van der Waals surface area contributed by atoms with Gasteiger partial charge in [-0.2, -0.15) is 28.2 Å². The van der Waals surface area contributed by atoms with E-state index in [1.165, 1.54) is 6.07 Å². The number of hydrogen-bond donors (Lipinski definition) is 1. The quantitative estimate of drug-likeness (QED) is 0.719. The molecule has 29 heavy (non-hydrogen) atoms. The fourth-order valence-corrected chi connectivity index (χ4v) is 3.04. The van der Waals surface area contributed by atoms with Gasteiger partial charge in [0, 0.05) is 6.42 Å². The number of carbonyl (C=O) groups excluding carboxylic acids is 1. The molecule has 6 nitrogen and oxygen atoms in total. The van der Waals surface area contributed by atoms with E-state index in [1.54, 1.807) is 12.1 Å². The summed E-state index contributed by atoms with van der Waals surface area (Å²) in [4.78, 5) is 12.6. The number of rotatable bonds is 4. The molecule has 1 N–H and O–H groups in total. The summed E-state index contributed by atoms with van der Waals surface area (Å²) in [6.07, 6.45) is -4.60. The van der Waals surface area contributed by atoms with Crippen LogP contribution in [-0.2, 0) is 22.8 Å². The van der Waals surface area contributed by atoms with Crippen molar-refractivity contribution in [3.05, 3.63) is 53.1 Å². The van der Waals surface area contributed by atoms with Gasteiger partial charge in [0.2, 0.25) is 0 Å². The molecule has 9 heteroatoms. The maximum Gasteiger partial charge on any atom is 0.416 e. The molecule has 0 saturated heterocycles. The number of carboxylic acid groups (broad SMARTS) is 1. The van der Waals surface area contributed by atoms with Gasteiger partial charge in [0.05, 0.1) is 11.5 Å². The molecular formula is C20H19F3N3O3-. The molecule has 0 amide bonds. The van der Waals surface area contributed by atoms with E-state index in [9.17, 15) is 28.2 Å². The Hall–Kier alpha value is -3.10. The number of phenolic OH excluding ortho intramolecular Hbond substituents is 1. The Labute approximate surface area is 164 Å². The lowest BCUT2D eigenvalue weighted by molar-refractivity contribution is -0.311. The number of phenols is 1. The van der Waals surface area contributed by atoms with E-state index >= 15 is 0 Å². The molecule has 0 bridgehead atoms. The molecule has 154 valence electrons. The van der Waals surface area contributed by atoms with E-state index in [4.69, 9.17) is 0 Å². The molecule has 0 saturated carbocycles. The summed E-state index contributed by atoms with van der Waals surface area (Å²) < 4.78 is 38.7. The number of hydrogen-bond acceptors (Lipinski definition) is 5. The second kappa shape index (κ2) is 7.06. The summed E-state index contributed by atoms with van der Waals surface area (Å²) in [6.45, 7) is 5.71. The van der Waals surface area contributed by atoms with Crippen LogP contribution in [0.2, 0.25) is 0 Å². The summed E-state index contributed by atoms with van der Waals surface area (Å²) in [5.74, 6) is -1.37. The van der Waals surface area contributed by atoms with Gasteiger partial charge in [-0.15, -0.1) is 0 Å². The fraction of sp³-hybridized carbons (Fsp3) is 0.350. The average Bonchev–Trinajstić information content (AvgIpc) is 3.01. The zero-order valence-electron chi connectivity index (χ0n) is 16.0. The van der Waals surface area contributed by atoms with Gasteiger partial charge in [0.15, 0.2) is 0 Å². The largest absolute Gasteiger partial charge is 0.548 e. The average molecular weight is 406 g/mol. The molecule has 2 aromatic carbocycles. The van der Waals surface area contributed by atoms with Gasteiger partial charge >= 0.3 is 6.18 Å². The van der Waals surface area contributed by atoms with Gasteiger partial charge in [-0.05, 0) is 40.8 Å². The van der Waals surface area contributed by atoms with Gasteiger partial charge in [-0.1, -0.05) is 32.9 Å². The third-order valence-electron chi connectivity index (χ3n) is 4.57. The molecule has 0 aliphatic heterocycles. The molecule has 1 atom stereocenters. The Balaban J connectivity index is 1.98. The first-order chi connectivity index (χ1) is 13.4. The van der Waals surface area contributed by atoms with Crippen molar-refractivity contribution in [1.29, 1.82) is 0 Å². The number of alkyl halides is 3. The van der Waals surface area contributed by atoms with Crippen molar-refractivity contribution in [3.8, 4) is 5.75 Å². The number of halogens is 3. The zero-order valence-corrected chi connectivity index (χ0v) is 16.0. The van der Waals surface area contributed by atoms with Gasteiger partial charge in [0.25, 0.3) is 0 Å². The third-order valence-corrected chi connectivity index (χ3v) is 4.57. The van der Waals surface area contributed by atoms with Crippen LogP contribution in [0.3, 0.4) is 0 Å². The van der Waals surface area contributed by atoms with Gasteiger partial charge in [-0.25, -0.2) is 0 Å². The first-order valence-corrected chi connectivity index (χ1v) is 8.83. The van der Waals surface area contributed by atoms with Crippen molar-refractivity contribution < 1.29 is 28.2 Å². The van der Waals surface area contributed by atoms with Crippen molar-refractivity contribution in [3.63, 3.8) is 0 Å². The minimum Gasteiger partial charge on any atom is -0.548 e. The van der Waals surface area contributed by atoms with Crippen LogP contribution in [0.4, 0.5) is 13.2 Å². The number of benzene rings is 2. The predicted molar refractivity (Wildman–Crippen MR) is 97.1 cm³/mol. The second-order valence-electron chi connectivity index (χ2n) is 7.86. The van der Waals surface area contributed by atoms with Crippen LogP contribution >= 0.6 is 0 Å². The van der Waals surface area contributed by atoms with Gasteiger partial charge in [-0.3, -0.25) is 0 Å². The molecular weight excluding hydrogens is 387 g/mol. The van der Waals surface area contributed by atoms with Crippen LogP contribution < -0.4 is 5.11 Å². The minimum absolute atomic E-state index is 0.0567. The number of carbonyl (C=O) groups is 1. The number of aliphatic carboxylic acids is 1. The standard InChI is InChI=1S/C20H20F3N3O3/c1-19(2,3)13-8-11(4-7-17(13)27)9-16(18(28)29)26-24-14-6-5-12(20(21,22)23)10-15(14)25-26/h4-8,10,16,27H,9H2,1-3H3,(H,28,29)/p-1. The number of carboxylic acids is 1. The molecule has 1 unspecified atom stereocenters. The molecule has 3 rings (SSSR count). The lowest BCUT2D eigenvalue weighted by atomic mass is 9.85. The van der Waals surface area contributed by atoms with E-state index in [0.717, 1.165) is 23.0 Å². The fourth-order valence-electron chi connectivity index (χ4n) is 3.04. The summed E-state index contributed by atoms with van der Waals surface area (Å²) in [7, 11) is 0. The summed E-state index contributed by atoms with van der Waals surface area (Å²) in [5.41, 5.74) is 0.0524. The van der Waals surface area contributed by atoms with Crippen LogP contribution in [0, 0.1) is 0 Å². The van der Waals surface area contributed by atoms with Crippen LogP contribution in [0.1, 0.15) is 43.5 Å². The molecule has 1 aromatic heterocycles. The lowest BCUT2D eigenvalue weighted by Crippen LogP contribution is -2.35. The number of aromatic nitrogens is 3. The molecule has 3 aromatic rings. The minimum atomic E-state index is -4.54. The first-order valence-electron chi connectivity index (χ1n) is 8.83. The lowest BCUT2D eigenvalue weighted by Gasteiger charge is -2.23. The maximum absolute atomic E-state index is 12.9. The van der Waals surface area contributed by atoms with Crippen LogP contribution in [0.25, 0.3) is 11.0 Å². The smallest absolute Gasteiger partial charge is 0.416 e. The normalized spacial score (nSPS) is 13.6. The Morgan fingerprint density at radius 2 is 1.76 bits per heavy atom. The van der Waals surface area contributed by atoms with Crippen LogP contribution in [-0.4, -0.2) is 26.1 Å². The maximum atomic E-state index is 12.9. The second-order valence-corrected chi connectivity index (χ2v) is 7.86. The summed E-state index contributed by atoms with van der Waals surface area (Å²) >= 11 is 0. The highest BCUT2D eigenvalue weighted by molar-refractivity contribution is 5.76. The molecule has 0 aliphatic carbocycles. The Morgan fingerprint density at radius 1 is 1.10 bits per heavy atom. The summed E-state index contributed by atoms with van der Waals surface area (Å²) in [6, 6.07) is 6.25. The van der Waals surface area contributed by atoms with Crippen molar-refractivity contribution in [2.75, 3.05) is 0 Å². The predicted octanol–water partition coefficient (Wildman–Crippen LogP) is 2.99. The van der Waals surface area contributed by atoms with Crippen molar-refractivity contribution in [1.82, 2.24) is 15.0 Å². The number of nitrogens with zero attached hydrogens (tertiary/aromatic N) is 3. The molecule has 0 spiro atoms. The highest BCUT2D eigenvalue weighted by atomic mass is 19.4.